The van der Waals surface area contributed by atoms with Crippen LogP contribution in [0.15, 0.2) is 72.8 Å². The highest BCUT2D eigenvalue weighted by Crippen LogP contribution is 2.67. The zero-order valence-electron chi connectivity index (χ0n) is 48.5. The second kappa shape index (κ2) is 15.1. The highest BCUT2D eigenvalue weighted by atomic mass is 16.6. The van der Waals surface area contributed by atoms with Gasteiger partial charge in [0.05, 0.1) is 44.1 Å². The number of aryl methyl sites for hydroxylation is 1. The Morgan fingerprint density at radius 1 is 0.377 bits per heavy atom. The van der Waals surface area contributed by atoms with Gasteiger partial charge in [0.15, 0.2) is 34.5 Å². The van der Waals surface area contributed by atoms with Gasteiger partial charge in [0.2, 0.25) is 0 Å². The summed E-state index contributed by atoms with van der Waals surface area (Å²) in [6, 6.07) is 27.3. The summed E-state index contributed by atoms with van der Waals surface area (Å²) in [5.74, 6) is 4.48. The summed E-state index contributed by atoms with van der Waals surface area (Å²) in [6.07, 6.45) is 7.79. The zero-order chi connectivity index (χ0) is 54.2. The number of hydrogen-bond acceptors (Lipinski definition) is 8. The van der Waals surface area contributed by atoms with E-state index < -0.39 is 11.2 Å². The summed E-state index contributed by atoms with van der Waals surface area (Å²) in [7, 11) is 0. The Balaban J connectivity index is 0.854. The minimum absolute atomic E-state index is 0.0814. The predicted octanol–water partition coefficient (Wildman–Crippen LogP) is 17.6. The van der Waals surface area contributed by atoms with Crippen molar-refractivity contribution in [3.05, 3.63) is 128 Å². The molecule has 396 valence electrons. The minimum atomic E-state index is -0.452. The molecule has 77 heavy (non-hydrogen) atoms. The van der Waals surface area contributed by atoms with E-state index >= 15 is 0 Å². The molecule has 2 spiro atoms. The lowest BCUT2D eigenvalue weighted by Gasteiger charge is -2.49. The van der Waals surface area contributed by atoms with Crippen LogP contribution in [0.4, 0.5) is 0 Å². The Morgan fingerprint density at radius 2 is 0.662 bits per heavy atom. The zero-order valence-corrected chi connectivity index (χ0v) is 48.5. The van der Waals surface area contributed by atoms with Gasteiger partial charge < -0.3 is 18.9 Å². The Labute approximate surface area is 455 Å². The summed E-state index contributed by atoms with van der Waals surface area (Å²) in [6.45, 7) is 37.2. The van der Waals surface area contributed by atoms with Gasteiger partial charge in [-0.15, -0.1) is 0 Å². The summed E-state index contributed by atoms with van der Waals surface area (Å²) in [5.41, 5.74) is 19.0. The molecule has 4 unspecified atom stereocenters. The SMILES string of the molecule is CCC(C)(CC)c1cc2nc3cc4c(cc3nc2cc1C)C(C)(C)CC41CC(C)(C)c2cc3nc4cc5c(cc4nc3cc21)Oc1cc2c(cc1O5)C(C)(C)CC21CC(C)(C)c2cc3c(cc21)OC(C)(CC)C(C)(CC)O3. The Hall–Kier alpha value is -6.28. The van der Waals surface area contributed by atoms with Crippen molar-refractivity contribution in [1.29, 1.82) is 0 Å². The van der Waals surface area contributed by atoms with Gasteiger partial charge in [-0.05, 0) is 216 Å². The van der Waals surface area contributed by atoms with Gasteiger partial charge >= 0.3 is 0 Å². The molecule has 0 saturated heterocycles. The molecule has 0 amide bonds. The molecule has 4 atom stereocenters. The van der Waals surface area contributed by atoms with Crippen molar-refractivity contribution in [2.75, 3.05) is 0 Å². The maximum Gasteiger partial charge on any atom is 0.172 e. The smallest absolute Gasteiger partial charge is 0.172 e. The normalized spacial score (nSPS) is 26.2. The molecular formula is C69H76N4O4. The number of hydrogen-bond donors (Lipinski definition) is 0. The van der Waals surface area contributed by atoms with Gasteiger partial charge in [-0.25, -0.2) is 19.9 Å². The average Bonchev–Trinajstić information content (AvgIpc) is 3.32. The second-order valence-corrected chi connectivity index (χ2v) is 28.1. The van der Waals surface area contributed by atoms with Crippen LogP contribution in [0, 0.1) is 6.92 Å². The van der Waals surface area contributed by atoms with E-state index in [1.165, 1.54) is 55.6 Å². The van der Waals surface area contributed by atoms with Crippen LogP contribution in [0.25, 0.3) is 44.1 Å². The van der Waals surface area contributed by atoms with E-state index in [0.29, 0.717) is 11.5 Å². The van der Waals surface area contributed by atoms with E-state index in [4.69, 9.17) is 38.9 Å². The lowest BCUT2D eigenvalue weighted by Crippen LogP contribution is -2.59. The maximum absolute atomic E-state index is 7.04. The Bertz CT molecular complexity index is 3980. The summed E-state index contributed by atoms with van der Waals surface area (Å²) < 4.78 is 27.9. The molecule has 0 N–H and O–H groups in total. The first-order chi connectivity index (χ1) is 36.2. The third kappa shape index (κ3) is 6.45. The molecule has 2 aromatic heterocycles. The molecule has 0 saturated carbocycles. The van der Waals surface area contributed by atoms with E-state index in [9.17, 15) is 0 Å². The fourth-order valence-corrected chi connectivity index (χ4v) is 16.7. The molecule has 4 aliphatic carbocycles. The monoisotopic (exact) mass is 1020 g/mol. The predicted molar refractivity (Wildman–Crippen MR) is 311 cm³/mol. The number of nitrogens with zero attached hydrogens (tertiary/aromatic N) is 4. The summed E-state index contributed by atoms with van der Waals surface area (Å²) in [5, 5.41) is 0. The first-order valence-corrected chi connectivity index (χ1v) is 28.9. The lowest BCUT2D eigenvalue weighted by atomic mass is 9.72. The molecule has 14 rings (SSSR count). The molecule has 6 aliphatic rings. The second-order valence-electron chi connectivity index (χ2n) is 28.1. The van der Waals surface area contributed by atoms with Gasteiger partial charge in [-0.1, -0.05) is 90.0 Å². The standard InChI is InChI=1S/C69H76N4O4/c1-17-65(14,18-2)38-22-48-47(21-37(38)5)70-49-23-39-43(25-51(49)71-48)68(33-61(39,6)7)34-62(8,9)40-24-50-52(26-44(40)68)73-54-32-58-57(31-53(54)72-50)74-55-27-41-45(29-56(55)75-58)69(35-63(41,10)11)36-64(12,13)42-28-59-60(30-46(42)69)77-67(16,20-4)66(15,19-3)76-59/h21-32H,17-20,33-36H2,1-16H3. The van der Waals surface area contributed by atoms with Crippen LogP contribution in [0.5, 0.6) is 34.5 Å². The fraction of sp³-hybridized carbons (Fsp3) is 0.478. The molecule has 6 aromatic carbocycles. The van der Waals surface area contributed by atoms with Crippen LogP contribution in [-0.2, 0) is 37.9 Å². The molecule has 8 nitrogen and oxygen atoms in total. The molecule has 0 radical (unpaired) electrons. The molecule has 0 bridgehead atoms. The van der Waals surface area contributed by atoms with E-state index in [0.717, 1.165) is 118 Å². The van der Waals surface area contributed by atoms with Gasteiger partial charge in [-0.2, -0.15) is 0 Å². The maximum atomic E-state index is 7.04. The lowest BCUT2D eigenvalue weighted by molar-refractivity contribution is -0.125. The van der Waals surface area contributed by atoms with E-state index in [1.54, 1.807) is 0 Å². The largest absolute Gasteiger partial charge is 0.480 e. The third-order valence-corrected chi connectivity index (χ3v) is 21.5. The van der Waals surface area contributed by atoms with E-state index in [-0.39, 0.29) is 37.9 Å². The number of benzene rings is 6. The van der Waals surface area contributed by atoms with Crippen LogP contribution in [0.1, 0.15) is 211 Å². The molecule has 8 heteroatoms. The van der Waals surface area contributed by atoms with Crippen molar-refractivity contribution in [3.8, 4) is 34.5 Å². The molecule has 4 heterocycles. The first kappa shape index (κ1) is 49.0. The van der Waals surface area contributed by atoms with Crippen molar-refractivity contribution in [3.63, 3.8) is 0 Å². The summed E-state index contributed by atoms with van der Waals surface area (Å²) >= 11 is 0. The van der Waals surface area contributed by atoms with Gasteiger partial charge in [0.1, 0.15) is 11.2 Å². The van der Waals surface area contributed by atoms with Gasteiger partial charge in [0.25, 0.3) is 0 Å². The Morgan fingerprint density at radius 3 is 1.05 bits per heavy atom. The van der Waals surface area contributed by atoms with Crippen LogP contribution < -0.4 is 18.9 Å². The molecule has 0 fully saturated rings. The third-order valence-electron chi connectivity index (χ3n) is 21.5. The van der Waals surface area contributed by atoms with Crippen LogP contribution >= 0.6 is 0 Å². The number of ether oxygens (including phenoxy) is 4. The highest BCUT2D eigenvalue weighted by Gasteiger charge is 2.60. The van der Waals surface area contributed by atoms with Crippen molar-refractivity contribution >= 4 is 44.1 Å². The van der Waals surface area contributed by atoms with Gasteiger partial charge in [0, 0.05) is 23.0 Å². The topological polar surface area (TPSA) is 88.5 Å². The quantitative estimate of drug-likeness (QED) is 0.158. The molecule has 8 aromatic rings. The van der Waals surface area contributed by atoms with Crippen LogP contribution in [-0.4, -0.2) is 31.1 Å². The number of rotatable bonds is 5. The fourth-order valence-electron chi connectivity index (χ4n) is 16.7. The Kier molecular flexibility index (Phi) is 9.61. The first-order valence-electron chi connectivity index (χ1n) is 28.9. The van der Waals surface area contributed by atoms with Gasteiger partial charge in [-0.3, -0.25) is 0 Å². The highest BCUT2D eigenvalue weighted by molar-refractivity contribution is 5.92. The average molecular weight is 1030 g/mol. The van der Waals surface area contributed by atoms with Crippen molar-refractivity contribution < 1.29 is 18.9 Å². The van der Waals surface area contributed by atoms with Crippen molar-refractivity contribution in [2.24, 2.45) is 0 Å². The minimum Gasteiger partial charge on any atom is -0.480 e. The van der Waals surface area contributed by atoms with E-state index in [2.05, 4.69) is 171 Å². The van der Waals surface area contributed by atoms with Crippen molar-refractivity contribution in [2.45, 2.75) is 211 Å². The van der Waals surface area contributed by atoms with E-state index in [1.807, 2.05) is 12.1 Å². The molecule has 2 aliphatic heterocycles. The van der Waals surface area contributed by atoms with Crippen LogP contribution in [0.2, 0.25) is 0 Å². The van der Waals surface area contributed by atoms with Crippen molar-refractivity contribution in [1.82, 2.24) is 19.9 Å². The number of fused-ring (bicyclic) bond motifs is 15. The molecular weight excluding hydrogens is 949 g/mol. The van der Waals surface area contributed by atoms with Crippen LogP contribution in [0.3, 0.4) is 0 Å². The summed E-state index contributed by atoms with van der Waals surface area (Å²) in [4.78, 5) is 21.6. The number of aromatic nitrogens is 4.